The number of hydrogen-bond acceptors (Lipinski definition) is 1. The van der Waals surface area contributed by atoms with Gasteiger partial charge in [0.15, 0.2) is 0 Å². The molecule has 6 heteroatoms. The summed E-state index contributed by atoms with van der Waals surface area (Å²) >= 11 is 6.37. The van der Waals surface area contributed by atoms with Crippen LogP contribution in [0, 0.1) is 5.82 Å². The Labute approximate surface area is 87.2 Å². The Morgan fingerprint density at radius 1 is 1.29 bits per heavy atom. The molecule has 1 aromatic carbocycles. The van der Waals surface area contributed by atoms with E-state index in [4.69, 9.17) is 11.6 Å². The zero-order chi connectivity index (χ0) is 10.9. The van der Waals surface area contributed by atoms with Gasteiger partial charge >= 0.3 is 6.18 Å². The molecule has 0 aliphatic heterocycles. The van der Waals surface area contributed by atoms with Gasteiger partial charge in [0, 0.05) is 4.90 Å². The van der Waals surface area contributed by atoms with Crippen LogP contribution in [-0.4, -0.2) is 6.26 Å². The molecule has 0 aromatic heterocycles. The van der Waals surface area contributed by atoms with E-state index in [9.17, 15) is 17.6 Å². The van der Waals surface area contributed by atoms with Gasteiger partial charge in [0.05, 0.1) is 10.6 Å². The Morgan fingerprint density at radius 2 is 1.86 bits per heavy atom. The molecule has 0 saturated carbocycles. The molecule has 0 fully saturated rings. The molecule has 1 aromatic rings. The Morgan fingerprint density at radius 3 is 2.29 bits per heavy atom. The maximum absolute atomic E-state index is 13.0. The number of thioether (sulfide) groups is 1. The van der Waals surface area contributed by atoms with Gasteiger partial charge in [-0.05, 0) is 18.4 Å². The minimum absolute atomic E-state index is 0.100. The molecular formula is C8H5ClF4S. The highest BCUT2D eigenvalue weighted by Crippen LogP contribution is 2.37. The van der Waals surface area contributed by atoms with E-state index in [1.807, 2.05) is 0 Å². The summed E-state index contributed by atoms with van der Waals surface area (Å²) in [7, 11) is 0. The van der Waals surface area contributed by atoms with Crippen LogP contribution in [0.3, 0.4) is 0 Å². The summed E-state index contributed by atoms with van der Waals surface area (Å²) in [4.78, 5) is 0.100. The molecule has 0 unspecified atom stereocenters. The van der Waals surface area contributed by atoms with Crippen molar-refractivity contribution in [1.29, 1.82) is 0 Å². The van der Waals surface area contributed by atoms with E-state index in [-0.39, 0.29) is 4.90 Å². The molecule has 0 nitrogen and oxygen atoms in total. The van der Waals surface area contributed by atoms with E-state index < -0.39 is 22.6 Å². The Balaban J connectivity index is 3.29. The van der Waals surface area contributed by atoms with Gasteiger partial charge in [0.1, 0.15) is 5.82 Å². The van der Waals surface area contributed by atoms with E-state index in [0.29, 0.717) is 6.07 Å². The molecule has 0 saturated heterocycles. The first-order chi connectivity index (χ1) is 6.36. The van der Waals surface area contributed by atoms with E-state index in [0.717, 1.165) is 17.8 Å². The zero-order valence-corrected chi connectivity index (χ0v) is 8.53. The van der Waals surface area contributed by atoms with Crippen molar-refractivity contribution in [2.24, 2.45) is 0 Å². The van der Waals surface area contributed by atoms with Crippen LogP contribution in [0.2, 0.25) is 5.02 Å². The summed E-state index contributed by atoms with van der Waals surface area (Å²) in [6.07, 6.45) is -3.06. The maximum Gasteiger partial charge on any atom is 0.417 e. The van der Waals surface area contributed by atoms with Gasteiger partial charge < -0.3 is 0 Å². The number of halogens is 5. The Kier molecular flexibility index (Phi) is 3.32. The van der Waals surface area contributed by atoms with E-state index >= 15 is 0 Å². The second-order valence-electron chi connectivity index (χ2n) is 2.46. The highest BCUT2D eigenvalue weighted by Gasteiger charge is 2.34. The van der Waals surface area contributed by atoms with E-state index in [1.165, 1.54) is 0 Å². The van der Waals surface area contributed by atoms with Gasteiger partial charge in [-0.25, -0.2) is 4.39 Å². The van der Waals surface area contributed by atoms with E-state index in [1.54, 1.807) is 6.26 Å². The molecule has 78 valence electrons. The molecule has 0 radical (unpaired) electrons. The third-order valence-corrected chi connectivity index (χ3v) is 2.61. The number of rotatable bonds is 1. The van der Waals surface area contributed by atoms with Crippen molar-refractivity contribution in [2.45, 2.75) is 11.1 Å². The second kappa shape index (κ2) is 3.98. The predicted octanol–water partition coefficient (Wildman–Crippen LogP) is 4.22. The molecule has 0 spiro atoms. The fourth-order valence-electron chi connectivity index (χ4n) is 0.902. The van der Waals surface area contributed by atoms with Crippen molar-refractivity contribution in [2.75, 3.05) is 6.26 Å². The lowest BCUT2D eigenvalue weighted by Gasteiger charge is -2.10. The third kappa shape index (κ3) is 2.33. The highest BCUT2D eigenvalue weighted by molar-refractivity contribution is 7.98. The number of benzene rings is 1. The molecule has 0 aliphatic rings. The molecular weight excluding hydrogens is 240 g/mol. The van der Waals surface area contributed by atoms with Gasteiger partial charge in [0.2, 0.25) is 0 Å². The quantitative estimate of drug-likeness (QED) is 0.527. The van der Waals surface area contributed by atoms with Crippen LogP contribution >= 0.6 is 23.4 Å². The average Bonchev–Trinajstić information content (AvgIpc) is 2.06. The van der Waals surface area contributed by atoms with Gasteiger partial charge in [-0.15, -0.1) is 11.8 Å². The molecule has 0 bridgehead atoms. The lowest BCUT2D eigenvalue weighted by atomic mass is 10.2. The third-order valence-electron chi connectivity index (χ3n) is 1.55. The summed E-state index contributed by atoms with van der Waals surface area (Å²) in [6, 6.07) is 1.39. The van der Waals surface area contributed by atoms with Crippen molar-refractivity contribution in [3.05, 3.63) is 28.5 Å². The van der Waals surface area contributed by atoms with Crippen LogP contribution in [0.25, 0.3) is 0 Å². The Hall–Kier alpha value is -0.420. The zero-order valence-electron chi connectivity index (χ0n) is 6.95. The topological polar surface area (TPSA) is 0 Å². The molecule has 0 amide bonds. The molecule has 1 rings (SSSR count). The highest BCUT2D eigenvalue weighted by atomic mass is 35.5. The number of alkyl halides is 3. The molecule has 0 N–H and O–H groups in total. The first-order valence-electron chi connectivity index (χ1n) is 3.46. The average molecular weight is 245 g/mol. The van der Waals surface area contributed by atoms with Crippen molar-refractivity contribution < 1.29 is 17.6 Å². The standard InChI is InChI=1S/C8H5ClF4S/c1-14-7-3-5(9)4(2-6(7)10)8(11,12)13/h2-3H,1H3. The SMILES string of the molecule is CSc1cc(Cl)c(C(F)(F)F)cc1F. The largest absolute Gasteiger partial charge is 0.417 e. The van der Waals surface area contributed by atoms with Gasteiger partial charge in [-0.2, -0.15) is 13.2 Å². The first kappa shape index (κ1) is 11.7. The monoisotopic (exact) mass is 244 g/mol. The maximum atomic E-state index is 13.0. The number of hydrogen-bond donors (Lipinski definition) is 0. The van der Waals surface area contributed by atoms with Crippen LogP contribution in [0.15, 0.2) is 17.0 Å². The lowest BCUT2D eigenvalue weighted by Crippen LogP contribution is -2.06. The summed E-state index contributed by atoms with van der Waals surface area (Å²) in [5.74, 6) is -0.908. The van der Waals surface area contributed by atoms with Crippen LogP contribution in [0.4, 0.5) is 17.6 Å². The van der Waals surface area contributed by atoms with Gasteiger partial charge in [0.25, 0.3) is 0 Å². The fourth-order valence-corrected chi connectivity index (χ4v) is 1.73. The fraction of sp³-hybridized carbons (Fsp3) is 0.250. The van der Waals surface area contributed by atoms with Gasteiger partial charge in [-0.3, -0.25) is 0 Å². The van der Waals surface area contributed by atoms with Crippen molar-refractivity contribution in [3.8, 4) is 0 Å². The predicted molar refractivity (Wildman–Crippen MR) is 48.2 cm³/mol. The molecule has 0 atom stereocenters. The van der Waals surface area contributed by atoms with Crippen molar-refractivity contribution >= 4 is 23.4 Å². The summed E-state index contributed by atoms with van der Waals surface area (Å²) in [5.41, 5.74) is -1.14. The second-order valence-corrected chi connectivity index (χ2v) is 3.72. The van der Waals surface area contributed by atoms with Crippen LogP contribution in [-0.2, 0) is 6.18 Å². The summed E-state index contributed by atoms with van der Waals surface area (Å²) < 4.78 is 49.6. The van der Waals surface area contributed by atoms with Crippen LogP contribution in [0.5, 0.6) is 0 Å². The lowest BCUT2D eigenvalue weighted by molar-refractivity contribution is -0.137. The van der Waals surface area contributed by atoms with E-state index in [2.05, 4.69) is 0 Å². The minimum Gasteiger partial charge on any atom is -0.206 e. The summed E-state index contributed by atoms with van der Waals surface area (Å²) in [6.45, 7) is 0. The first-order valence-corrected chi connectivity index (χ1v) is 5.06. The Bertz CT molecular complexity index is 348. The minimum atomic E-state index is -4.62. The summed E-state index contributed by atoms with van der Waals surface area (Å²) in [5, 5.41) is -0.483. The van der Waals surface area contributed by atoms with Crippen LogP contribution in [0.1, 0.15) is 5.56 Å². The van der Waals surface area contributed by atoms with Crippen molar-refractivity contribution in [3.63, 3.8) is 0 Å². The molecule has 0 aliphatic carbocycles. The molecule has 0 heterocycles. The molecule has 14 heavy (non-hydrogen) atoms. The van der Waals surface area contributed by atoms with Crippen molar-refractivity contribution in [1.82, 2.24) is 0 Å². The van der Waals surface area contributed by atoms with Crippen LogP contribution < -0.4 is 0 Å². The smallest absolute Gasteiger partial charge is 0.206 e. The van der Waals surface area contributed by atoms with Gasteiger partial charge in [-0.1, -0.05) is 11.6 Å². The normalized spacial score (nSPS) is 11.9.